The van der Waals surface area contributed by atoms with E-state index >= 15 is 0 Å². The van der Waals surface area contributed by atoms with E-state index in [1.54, 1.807) is 25.6 Å². The fraction of sp³-hybridized carbons (Fsp3) is 0.357. The zero-order valence-electron chi connectivity index (χ0n) is 24.1. The van der Waals surface area contributed by atoms with Crippen molar-refractivity contribution >= 4 is 34.8 Å². The highest BCUT2D eigenvalue weighted by Gasteiger charge is 2.19. The molecule has 0 fully saturated rings. The van der Waals surface area contributed by atoms with Gasteiger partial charge in [0, 0.05) is 37.8 Å². The van der Waals surface area contributed by atoms with Gasteiger partial charge in [-0.2, -0.15) is 15.2 Å². The number of benzene rings is 1. The predicted molar refractivity (Wildman–Crippen MR) is 158 cm³/mol. The second kappa shape index (κ2) is 13.4. The smallest absolute Gasteiger partial charge is 0.250 e. The van der Waals surface area contributed by atoms with Crippen molar-refractivity contribution in [2.75, 3.05) is 36.2 Å². The maximum absolute atomic E-state index is 9.70. The van der Waals surface area contributed by atoms with Crippen LogP contribution in [0.5, 0.6) is 0 Å². The molecule has 0 aliphatic rings. The number of ether oxygens (including phenoxy) is 1. The molecule has 1 unspecified atom stereocenters. The quantitative estimate of drug-likeness (QED) is 0.186. The van der Waals surface area contributed by atoms with Crippen molar-refractivity contribution in [2.45, 2.75) is 47.1 Å². The van der Waals surface area contributed by atoms with Gasteiger partial charge in [-0.1, -0.05) is 24.6 Å². The topological polar surface area (TPSA) is 163 Å². The summed E-state index contributed by atoms with van der Waals surface area (Å²) in [6.45, 7) is 11.3. The van der Waals surface area contributed by atoms with Crippen LogP contribution < -0.4 is 16.0 Å². The van der Waals surface area contributed by atoms with Crippen LogP contribution in [0.1, 0.15) is 42.5 Å². The predicted octanol–water partition coefficient (Wildman–Crippen LogP) is 5.68. The van der Waals surface area contributed by atoms with E-state index in [4.69, 9.17) is 14.7 Å². The van der Waals surface area contributed by atoms with Gasteiger partial charge in [0.15, 0.2) is 17.3 Å². The normalized spacial score (nSPS) is 11.8. The van der Waals surface area contributed by atoms with Gasteiger partial charge < -0.3 is 20.7 Å². The van der Waals surface area contributed by atoms with E-state index < -0.39 is 0 Å². The van der Waals surface area contributed by atoms with Crippen molar-refractivity contribution in [3.63, 3.8) is 0 Å². The highest BCUT2D eigenvalue weighted by Crippen LogP contribution is 2.36. The van der Waals surface area contributed by atoms with Gasteiger partial charge in [0.1, 0.15) is 11.6 Å². The molecule has 0 saturated carbocycles. The maximum atomic E-state index is 9.70. The molecule has 0 amide bonds. The van der Waals surface area contributed by atoms with Crippen molar-refractivity contribution in [1.82, 2.24) is 29.7 Å². The molecule has 3 heterocycles. The van der Waals surface area contributed by atoms with Crippen LogP contribution >= 0.6 is 0 Å². The van der Waals surface area contributed by atoms with Crippen molar-refractivity contribution in [2.24, 2.45) is 10.2 Å². The van der Waals surface area contributed by atoms with Crippen LogP contribution in [-0.2, 0) is 4.74 Å². The minimum Gasteiger partial charge on any atom is -0.383 e. The summed E-state index contributed by atoms with van der Waals surface area (Å²) < 4.78 is 6.72. The van der Waals surface area contributed by atoms with Gasteiger partial charge in [0.2, 0.25) is 11.8 Å². The number of nitrogens with one attached hydrogen (secondary N) is 3. The Morgan fingerprint density at radius 3 is 2.44 bits per heavy atom. The van der Waals surface area contributed by atoms with E-state index in [9.17, 15) is 5.26 Å². The van der Waals surface area contributed by atoms with E-state index in [0.29, 0.717) is 42.4 Å². The Balaban J connectivity index is 1.79. The lowest BCUT2D eigenvalue weighted by Gasteiger charge is -2.19. The third kappa shape index (κ3) is 7.17. The Bertz CT molecular complexity index is 1540. The van der Waals surface area contributed by atoms with Crippen molar-refractivity contribution < 1.29 is 4.74 Å². The number of anilines is 4. The van der Waals surface area contributed by atoms with Crippen molar-refractivity contribution in [3.8, 4) is 12.0 Å². The Kier molecular flexibility index (Phi) is 9.49. The van der Waals surface area contributed by atoms with Gasteiger partial charge >= 0.3 is 0 Å². The number of hydrogen-bond acceptors (Lipinski definition) is 12. The molecule has 4 rings (SSSR count). The summed E-state index contributed by atoms with van der Waals surface area (Å²) in [4.78, 5) is 17.9. The van der Waals surface area contributed by atoms with Gasteiger partial charge in [-0.15, -0.1) is 15.3 Å². The first kappa shape index (κ1) is 29.0. The molecule has 0 radical (unpaired) electrons. The largest absolute Gasteiger partial charge is 0.383 e. The first-order valence-electron chi connectivity index (χ1n) is 13.3. The second-order valence-electron chi connectivity index (χ2n) is 9.59. The third-order valence-corrected chi connectivity index (χ3v) is 5.96. The molecule has 0 saturated heterocycles. The van der Waals surface area contributed by atoms with Crippen LogP contribution in [0.25, 0.3) is 5.95 Å². The summed E-state index contributed by atoms with van der Waals surface area (Å²) in [5.74, 6) is 1.75. The first-order valence-corrected chi connectivity index (χ1v) is 13.3. The van der Waals surface area contributed by atoms with Gasteiger partial charge in [-0.3, -0.25) is 0 Å². The van der Waals surface area contributed by atoms with Crippen molar-refractivity contribution in [1.29, 1.82) is 5.26 Å². The number of rotatable bonds is 12. The monoisotopic (exact) mass is 554 g/mol. The lowest BCUT2D eigenvalue weighted by Crippen LogP contribution is -2.22. The average Bonchev–Trinajstić information content (AvgIpc) is 3.37. The summed E-state index contributed by atoms with van der Waals surface area (Å²) >= 11 is 0. The van der Waals surface area contributed by atoms with Crippen LogP contribution in [0, 0.1) is 32.1 Å². The summed E-state index contributed by atoms with van der Waals surface area (Å²) in [5.41, 5.74) is 4.88. The Labute approximate surface area is 239 Å². The van der Waals surface area contributed by atoms with Crippen LogP contribution in [0.2, 0.25) is 0 Å². The number of methoxy groups -OCH3 is 1. The van der Waals surface area contributed by atoms with E-state index in [-0.39, 0.29) is 17.4 Å². The number of aryl methyl sites for hydroxylation is 3. The molecule has 1 atom stereocenters. The number of hydrogen-bond donors (Lipinski definition) is 3. The molecule has 1 aromatic carbocycles. The van der Waals surface area contributed by atoms with Crippen LogP contribution in [-0.4, -0.2) is 56.0 Å². The molecule has 0 bridgehead atoms. The van der Waals surface area contributed by atoms with Gasteiger partial charge in [0.05, 0.1) is 12.8 Å². The van der Waals surface area contributed by atoms with Gasteiger partial charge in [-0.25, -0.2) is 14.6 Å². The molecule has 13 heteroatoms. The lowest BCUT2D eigenvalue weighted by molar-refractivity contribution is 0.190. The summed E-state index contributed by atoms with van der Waals surface area (Å²) in [6, 6.07) is 7.93. The highest BCUT2D eigenvalue weighted by molar-refractivity contribution is 5.77. The Hall–Kier alpha value is -4.96. The molecular formula is C28H34N12O. The van der Waals surface area contributed by atoms with E-state index in [2.05, 4.69) is 73.3 Å². The Morgan fingerprint density at radius 2 is 1.78 bits per heavy atom. The lowest BCUT2D eigenvalue weighted by atomic mass is 10.1. The van der Waals surface area contributed by atoms with Crippen LogP contribution in [0.3, 0.4) is 0 Å². The molecule has 0 aliphatic heterocycles. The van der Waals surface area contributed by atoms with Gasteiger partial charge in [0.25, 0.3) is 5.95 Å². The summed E-state index contributed by atoms with van der Waals surface area (Å²) in [5, 5.41) is 33.0. The SMILES string of the molecule is CCCNc1nc(Nc2c(C)cc(C)cc2C)nc(NC(C)COC)c1N=Nc1nn(-c2ncccn2)cc1C#N. The standard InChI is InChI=1S/C28H34N12O/c1-7-9-30-25-23(37-38-24-21(14-29)15-40(39-24)28-31-10-8-11-32-28)26(33-20(5)16-41-6)36-27(35-25)34-22-18(3)12-17(2)13-19(22)4/h8,10-13,15,20H,7,9,16H2,1-6H3,(H3,30,33,34,35,36). The molecule has 13 nitrogen and oxygen atoms in total. The van der Waals surface area contributed by atoms with E-state index in [1.165, 1.54) is 16.4 Å². The zero-order chi connectivity index (χ0) is 29.4. The third-order valence-electron chi connectivity index (χ3n) is 5.96. The average molecular weight is 555 g/mol. The van der Waals surface area contributed by atoms with Gasteiger partial charge in [-0.05, 0) is 51.3 Å². The minimum absolute atomic E-state index is 0.0947. The molecule has 4 aromatic rings. The van der Waals surface area contributed by atoms with E-state index in [1.807, 2.05) is 20.8 Å². The maximum Gasteiger partial charge on any atom is 0.250 e. The number of nitrogens with zero attached hydrogens (tertiary/aromatic N) is 9. The van der Waals surface area contributed by atoms with Crippen LogP contribution in [0.15, 0.2) is 47.0 Å². The van der Waals surface area contributed by atoms with E-state index in [0.717, 1.165) is 23.2 Å². The highest BCUT2D eigenvalue weighted by atomic mass is 16.5. The number of nitriles is 1. The second-order valence-corrected chi connectivity index (χ2v) is 9.59. The number of aromatic nitrogens is 6. The molecule has 0 aliphatic carbocycles. The first-order chi connectivity index (χ1) is 19.8. The van der Waals surface area contributed by atoms with Crippen molar-refractivity contribution in [3.05, 3.63) is 59.0 Å². The fourth-order valence-corrected chi connectivity index (χ4v) is 4.21. The summed E-state index contributed by atoms with van der Waals surface area (Å²) in [7, 11) is 1.64. The molecule has 212 valence electrons. The number of azo groups is 1. The molecule has 0 spiro atoms. The van der Waals surface area contributed by atoms with Crippen LogP contribution in [0.4, 0.5) is 34.8 Å². The molecular weight excluding hydrogens is 520 g/mol. The summed E-state index contributed by atoms with van der Waals surface area (Å²) in [6.07, 6.45) is 5.56. The zero-order valence-corrected chi connectivity index (χ0v) is 24.1. The fourth-order valence-electron chi connectivity index (χ4n) is 4.21. The molecule has 3 aromatic heterocycles. The Morgan fingerprint density at radius 1 is 1.07 bits per heavy atom. The minimum atomic E-state index is -0.0947. The molecule has 41 heavy (non-hydrogen) atoms. The molecule has 3 N–H and O–H groups in total.